The summed E-state index contributed by atoms with van der Waals surface area (Å²) in [4.78, 5) is 12.0. The topological polar surface area (TPSA) is 43.4 Å². The molecule has 22 heavy (non-hydrogen) atoms. The Morgan fingerprint density at radius 3 is 2.50 bits per heavy atom. The van der Waals surface area contributed by atoms with Crippen LogP contribution in [0.25, 0.3) is 0 Å². The van der Waals surface area contributed by atoms with Gasteiger partial charge >= 0.3 is 132 Å². The second-order valence-corrected chi connectivity index (χ2v) is 12.3. The Balaban J connectivity index is 1.87. The third-order valence-electron chi connectivity index (χ3n) is 5.11. The van der Waals surface area contributed by atoms with E-state index in [9.17, 15) is 8.53 Å². The zero-order valence-corrected chi connectivity index (χ0v) is 14.2. The van der Waals surface area contributed by atoms with Gasteiger partial charge in [0, 0.05) is 0 Å². The van der Waals surface area contributed by atoms with E-state index in [1.807, 2.05) is 54.6 Å². The SMILES string of the molecule is COC(=O)C1CC2C1c1ccccc1[As]2(=O)c1ccccc1. The van der Waals surface area contributed by atoms with Crippen molar-refractivity contribution in [3.8, 4) is 0 Å². The Morgan fingerprint density at radius 1 is 1.09 bits per heavy atom. The summed E-state index contributed by atoms with van der Waals surface area (Å²) in [7, 11) is 1.43. The minimum atomic E-state index is -3.44. The van der Waals surface area contributed by atoms with Crippen molar-refractivity contribution in [2.24, 2.45) is 5.92 Å². The van der Waals surface area contributed by atoms with Gasteiger partial charge in [0.1, 0.15) is 0 Å². The second-order valence-electron chi connectivity index (χ2n) is 6.01. The fourth-order valence-electron chi connectivity index (χ4n) is 4.05. The molecule has 0 bridgehead atoms. The first kappa shape index (κ1) is 13.9. The molecule has 1 heterocycles. The fourth-order valence-corrected chi connectivity index (χ4v) is 12.2. The van der Waals surface area contributed by atoms with E-state index in [0.717, 1.165) is 14.3 Å². The van der Waals surface area contributed by atoms with Crippen molar-refractivity contribution >= 4 is 28.2 Å². The second kappa shape index (κ2) is 4.89. The molecule has 2 aliphatic rings. The van der Waals surface area contributed by atoms with Crippen LogP contribution in [0.1, 0.15) is 17.9 Å². The maximum absolute atomic E-state index is 14.0. The molecule has 1 aliphatic carbocycles. The molecule has 4 unspecified atom stereocenters. The summed E-state index contributed by atoms with van der Waals surface area (Å²) in [6, 6.07) is 17.7. The molecule has 1 aliphatic heterocycles. The number of hydrogen-bond donors (Lipinski definition) is 0. The van der Waals surface area contributed by atoms with Crippen molar-refractivity contribution in [1.29, 1.82) is 0 Å². The number of carbonyl (C=O) groups is 1. The molecule has 0 radical (unpaired) electrons. The van der Waals surface area contributed by atoms with Crippen LogP contribution in [0.15, 0.2) is 54.6 Å². The van der Waals surface area contributed by atoms with E-state index in [1.165, 1.54) is 7.11 Å². The van der Waals surface area contributed by atoms with E-state index in [4.69, 9.17) is 4.74 Å². The standard InChI is InChI=1S/C18H17AsO3/c1-22-18(20)14-11-16-17(14)13-9-5-6-10-15(13)19(16,21)12-7-3-2-4-8-12/h2-10,14,16-17H,11H2,1H3. The van der Waals surface area contributed by atoms with Crippen molar-refractivity contribution < 1.29 is 13.3 Å². The van der Waals surface area contributed by atoms with Gasteiger partial charge in [-0.2, -0.15) is 0 Å². The number of hydrogen-bond acceptors (Lipinski definition) is 3. The first-order valence-electron chi connectivity index (χ1n) is 7.50. The number of esters is 1. The zero-order chi connectivity index (χ0) is 15.3. The van der Waals surface area contributed by atoms with E-state index in [0.29, 0.717) is 6.42 Å². The Morgan fingerprint density at radius 2 is 1.77 bits per heavy atom. The molecule has 1 saturated carbocycles. The predicted molar refractivity (Wildman–Crippen MR) is 85.2 cm³/mol. The number of benzene rings is 2. The Labute approximate surface area is 132 Å². The van der Waals surface area contributed by atoms with E-state index in [1.54, 1.807) is 0 Å². The Hall–Kier alpha value is -1.73. The molecule has 4 rings (SSSR count). The molecule has 4 atom stereocenters. The third-order valence-corrected chi connectivity index (χ3v) is 12.8. The van der Waals surface area contributed by atoms with Crippen LogP contribution >= 0.6 is 0 Å². The summed E-state index contributed by atoms with van der Waals surface area (Å²) >= 11 is -3.44. The van der Waals surface area contributed by atoms with Crippen molar-refractivity contribution in [2.45, 2.75) is 17.0 Å². The summed E-state index contributed by atoms with van der Waals surface area (Å²) < 4.78 is 21.0. The summed E-state index contributed by atoms with van der Waals surface area (Å²) in [5.74, 6) is -0.251. The van der Waals surface area contributed by atoms with Crippen molar-refractivity contribution in [1.82, 2.24) is 0 Å². The molecule has 2 aromatic rings. The molecule has 0 spiro atoms. The maximum atomic E-state index is 14.0. The third kappa shape index (κ3) is 1.66. The molecule has 2 aromatic carbocycles. The van der Waals surface area contributed by atoms with Gasteiger partial charge in [-0.25, -0.2) is 0 Å². The van der Waals surface area contributed by atoms with Crippen LogP contribution < -0.4 is 8.70 Å². The van der Waals surface area contributed by atoms with E-state index in [2.05, 4.69) is 0 Å². The van der Waals surface area contributed by atoms with Crippen molar-refractivity contribution in [3.63, 3.8) is 0 Å². The summed E-state index contributed by atoms with van der Waals surface area (Å²) in [6.45, 7) is 0. The summed E-state index contributed by atoms with van der Waals surface area (Å²) in [5.41, 5.74) is 1.10. The molecule has 3 nitrogen and oxygen atoms in total. The van der Waals surface area contributed by atoms with Crippen molar-refractivity contribution in [3.05, 3.63) is 60.2 Å². The van der Waals surface area contributed by atoms with Crippen LogP contribution in [0.2, 0.25) is 4.71 Å². The van der Waals surface area contributed by atoms with Gasteiger partial charge < -0.3 is 0 Å². The molecule has 0 amide bonds. The van der Waals surface area contributed by atoms with Gasteiger partial charge in [-0.1, -0.05) is 0 Å². The van der Waals surface area contributed by atoms with Crippen LogP contribution in [0.3, 0.4) is 0 Å². The minimum absolute atomic E-state index is 0.0638. The van der Waals surface area contributed by atoms with Gasteiger partial charge in [0.15, 0.2) is 0 Å². The van der Waals surface area contributed by atoms with E-state index >= 15 is 0 Å². The van der Waals surface area contributed by atoms with Crippen LogP contribution in [0.4, 0.5) is 0 Å². The molecular formula is C18H17AsO3. The number of rotatable bonds is 2. The van der Waals surface area contributed by atoms with Gasteiger partial charge in [0.25, 0.3) is 0 Å². The van der Waals surface area contributed by atoms with Gasteiger partial charge in [-0.15, -0.1) is 0 Å². The van der Waals surface area contributed by atoms with E-state index < -0.39 is 13.5 Å². The fraction of sp³-hybridized carbons (Fsp3) is 0.278. The number of methoxy groups -OCH3 is 1. The number of fused-ring (bicyclic) bond motifs is 3. The molecule has 0 aromatic heterocycles. The van der Waals surface area contributed by atoms with Crippen LogP contribution in [-0.4, -0.2) is 26.6 Å². The predicted octanol–water partition coefficient (Wildman–Crippen LogP) is 1.84. The average Bonchev–Trinajstić information content (AvgIpc) is 2.73. The summed E-state index contributed by atoms with van der Waals surface area (Å²) in [6.07, 6.45) is 0.678. The summed E-state index contributed by atoms with van der Waals surface area (Å²) in [5, 5.41) is 0. The number of carbonyl (C=O) groups excluding carboxylic acids is 1. The van der Waals surface area contributed by atoms with Gasteiger partial charge in [-0.3, -0.25) is 0 Å². The number of ether oxygens (including phenoxy) is 1. The van der Waals surface area contributed by atoms with Crippen LogP contribution in [-0.2, 0) is 13.3 Å². The average molecular weight is 356 g/mol. The van der Waals surface area contributed by atoms with E-state index in [-0.39, 0.29) is 22.5 Å². The molecule has 0 saturated heterocycles. The molecule has 1 fully saturated rings. The van der Waals surface area contributed by atoms with Crippen LogP contribution in [0, 0.1) is 5.92 Å². The molecule has 4 heteroatoms. The zero-order valence-electron chi connectivity index (χ0n) is 12.3. The van der Waals surface area contributed by atoms with Crippen molar-refractivity contribution in [2.75, 3.05) is 7.11 Å². The first-order valence-corrected chi connectivity index (χ1v) is 11.2. The molecule has 0 N–H and O–H groups in total. The quantitative estimate of drug-likeness (QED) is 0.609. The molecular weight excluding hydrogens is 339 g/mol. The first-order chi connectivity index (χ1) is 10.7. The molecule has 112 valence electrons. The van der Waals surface area contributed by atoms with Gasteiger partial charge in [-0.05, 0) is 0 Å². The van der Waals surface area contributed by atoms with Gasteiger partial charge in [0.2, 0.25) is 0 Å². The Kier molecular flexibility index (Phi) is 3.09. The Bertz CT molecular complexity index is 784. The normalized spacial score (nSPS) is 31.8. The monoisotopic (exact) mass is 356 g/mol. The van der Waals surface area contributed by atoms with Gasteiger partial charge in [0.05, 0.1) is 0 Å². The van der Waals surface area contributed by atoms with Crippen LogP contribution in [0.5, 0.6) is 0 Å².